The topological polar surface area (TPSA) is 66.6 Å². The minimum Gasteiger partial charge on any atom is -0.393 e. The van der Waals surface area contributed by atoms with Gasteiger partial charge in [0.1, 0.15) is 0 Å². The maximum atomic E-state index is 11.8. The molecule has 0 spiro atoms. The van der Waals surface area contributed by atoms with Crippen LogP contribution in [0, 0.1) is 5.92 Å². The van der Waals surface area contributed by atoms with Crippen molar-refractivity contribution >= 4 is 5.91 Å². The maximum Gasteiger partial charge on any atom is 0.239 e. The second kappa shape index (κ2) is 6.80. The summed E-state index contributed by atoms with van der Waals surface area (Å²) >= 11 is 0. The van der Waals surface area contributed by atoms with Crippen molar-refractivity contribution in [3.05, 3.63) is 0 Å². The number of aliphatic hydroxyl groups excluding tert-OH is 1. The minimum absolute atomic E-state index is 0.0370. The van der Waals surface area contributed by atoms with Crippen LogP contribution in [0.15, 0.2) is 0 Å². The van der Waals surface area contributed by atoms with E-state index in [1.165, 1.54) is 0 Å². The van der Waals surface area contributed by atoms with E-state index in [0.717, 1.165) is 6.42 Å². The van der Waals surface area contributed by atoms with Crippen LogP contribution < -0.4 is 5.73 Å². The van der Waals surface area contributed by atoms with E-state index in [1.54, 1.807) is 18.9 Å². The van der Waals surface area contributed by atoms with Crippen LogP contribution in [0.3, 0.4) is 0 Å². The Morgan fingerprint density at radius 3 is 2.40 bits per heavy atom. The smallest absolute Gasteiger partial charge is 0.239 e. The predicted molar refractivity (Wildman–Crippen MR) is 61.4 cm³/mol. The van der Waals surface area contributed by atoms with E-state index in [9.17, 15) is 4.79 Å². The first-order valence-electron chi connectivity index (χ1n) is 5.58. The highest BCUT2D eigenvalue weighted by molar-refractivity contribution is 5.81. The van der Waals surface area contributed by atoms with Crippen molar-refractivity contribution in [1.82, 2.24) is 4.90 Å². The second-order valence-corrected chi connectivity index (χ2v) is 4.31. The fraction of sp³-hybridized carbons (Fsp3) is 0.909. The van der Waals surface area contributed by atoms with Crippen LogP contribution in [-0.2, 0) is 4.79 Å². The summed E-state index contributed by atoms with van der Waals surface area (Å²) in [5.41, 5.74) is 5.82. The lowest BCUT2D eigenvalue weighted by Crippen LogP contribution is -2.46. The molecule has 4 heteroatoms. The molecule has 0 heterocycles. The van der Waals surface area contributed by atoms with E-state index in [-0.39, 0.29) is 17.9 Å². The van der Waals surface area contributed by atoms with Crippen molar-refractivity contribution in [2.45, 2.75) is 45.8 Å². The molecule has 0 fully saturated rings. The Balaban J connectivity index is 4.07. The molecule has 0 radical (unpaired) electrons. The van der Waals surface area contributed by atoms with Crippen LogP contribution in [0.5, 0.6) is 0 Å². The van der Waals surface area contributed by atoms with Gasteiger partial charge in [-0.15, -0.1) is 0 Å². The molecule has 0 aromatic carbocycles. The molecule has 4 nitrogen and oxygen atoms in total. The summed E-state index contributed by atoms with van der Waals surface area (Å²) in [5, 5.41) is 9.11. The zero-order chi connectivity index (χ0) is 12.0. The highest BCUT2D eigenvalue weighted by atomic mass is 16.3. The van der Waals surface area contributed by atoms with Crippen LogP contribution in [0.2, 0.25) is 0 Å². The Hall–Kier alpha value is -0.610. The Bertz CT molecular complexity index is 195. The van der Waals surface area contributed by atoms with E-state index in [4.69, 9.17) is 10.8 Å². The molecule has 0 aromatic heterocycles. The molecule has 3 atom stereocenters. The lowest BCUT2D eigenvalue weighted by molar-refractivity contribution is -0.132. The Kier molecular flexibility index (Phi) is 6.52. The molecule has 0 aromatic rings. The molecule has 0 aliphatic carbocycles. The van der Waals surface area contributed by atoms with E-state index in [0.29, 0.717) is 13.0 Å². The molecule has 3 N–H and O–H groups in total. The third-order valence-corrected chi connectivity index (χ3v) is 2.80. The molecular weight excluding hydrogens is 192 g/mol. The largest absolute Gasteiger partial charge is 0.393 e. The van der Waals surface area contributed by atoms with Crippen molar-refractivity contribution in [2.75, 3.05) is 13.6 Å². The van der Waals surface area contributed by atoms with E-state index in [2.05, 4.69) is 0 Å². The number of amides is 1. The number of aliphatic hydroxyl groups is 1. The summed E-state index contributed by atoms with van der Waals surface area (Å²) in [6.07, 6.45) is 1.12. The maximum absolute atomic E-state index is 11.8. The Morgan fingerprint density at radius 1 is 1.47 bits per heavy atom. The molecule has 90 valence electrons. The summed E-state index contributed by atoms with van der Waals surface area (Å²) in [6.45, 7) is 6.27. The number of hydrogen-bond donors (Lipinski definition) is 2. The molecule has 0 bridgehead atoms. The zero-order valence-corrected chi connectivity index (χ0v) is 10.2. The number of rotatable bonds is 6. The van der Waals surface area contributed by atoms with Crippen molar-refractivity contribution in [2.24, 2.45) is 11.7 Å². The van der Waals surface area contributed by atoms with Crippen molar-refractivity contribution in [3.63, 3.8) is 0 Å². The van der Waals surface area contributed by atoms with Crippen molar-refractivity contribution in [1.29, 1.82) is 0 Å². The third-order valence-electron chi connectivity index (χ3n) is 2.80. The van der Waals surface area contributed by atoms with Crippen molar-refractivity contribution < 1.29 is 9.90 Å². The number of carbonyl (C=O) groups excluding carboxylic acids is 1. The molecule has 15 heavy (non-hydrogen) atoms. The highest BCUT2D eigenvalue weighted by Crippen LogP contribution is 2.08. The van der Waals surface area contributed by atoms with Gasteiger partial charge in [0.05, 0.1) is 12.1 Å². The quantitative estimate of drug-likeness (QED) is 0.683. The van der Waals surface area contributed by atoms with Crippen LogP contribution in [-0.4, -0.2) is 41.7 Å². The van der Waals surface area contributed by atoms with E-state index < -0.39 is 6.04 Å². The van der Waals surface area contributed by atoms with Gasteiger partial charge >= 0.3 is 0 Å². The second-order valence-electron chi connectivity index (χ2n) is 4.31. The lowest BCUT2D eigenvalue weighted by Gasteiger charge is -2.24. The van der Waals surface area contributed by atoms with Crippen LogP contribution >= 0.6 is 0 Å². The fourth-order valence-corrected chi connectivity index (χ4v) is 1.24. The van der Waals surface area contributed by atoms with Gasteiger partial charge in [-0.2, -0.15) is 0 Å². The van der Waals surface area contributed by atoms with Crippen molar-refractivity contribution in [3.8, 4) is 0 Å². The molecule has 0 saturated heterocycles. The van der Waals surface area contributed by atoms with Crippen LogP contribution in [0.25, 0.3) is 0 Å². The molecule has 1 amide bonds. The van der Waals surface area contributed by atoms with Gasteiger partial charge in [0.25, 0.3) is 0 Å². The average molecular weight is 216 g/mol. The van der Waals surface area contributed by atoms with E-state index in [1.807, 2.05) is 13.8 Å². The molecular formula is C11H24N2O2. The number of nitrogens with two attached hydrogens (primary N) is 1. The minimum atomic E-state index is -0.422. The number of carbonyl (C=O) groups is 1. The summed E-state index contributed by atoms with van der Waals surface area (Å²) in [7, 11) is 1.73. The standard InChI is InChI=1S/C11H24N2O2/c1-5-8(2)10(12)11(15)13(4)7-6-9(3)14/h8-10,14H,5-7,12H2,1-4H3/t8-,9?,10-/m0/s1. The number of hydrogen-bond acceptors (Lipinski definition) is 3. The first-order valence-corrected chi connectivity index (χ1v) is 5.58. The third kappa shape index (κ3) is 5.14. The average Bonchev–Trinajstić information content (AvgIpc) is 2.22. The molecule has 0 saturated carbocycles. The summed E-state index contributed by atoms with van der Waals surface area (Å²) in [5.74, 6) is 0.163. The van der Waals surface area contributed by atoms with Gasteiger partial charge in [-0.25, -0.2) is 0 Å². The van der Waals surface area contributed by atoms with Crippen LogP contribution in [0.4, 0.5) is 0 Å². The first kappa shape index (κ1) is 14.4. The van der Waals surface area contributed by atoms with Gasteiger partial charge < -0.3 is 15.7 Å². The van der Waals surface area contributed by atoms with Gasteiger partial charge in [-0.1, -0.05) is 20.3 Å². The van der Waals surface area contributed by atoms with Gasteiger partial charge in [0.15, 0.2) is 0 Å². The van der Waals surface area contributed by atoms with Gasteiger partial charge in [-0.05, 0) is 19.3 Å². The normalized spacial score (nSPS) is 16.9. The monoisotopic (exact) mass is 216 g/mol. The van der Waals surface area contributed by atoms with Gasteiger partial charge in [-0.3, -0.25) is 4.79 Å². The Labute approximate surface area is 92.4 Å². The highest BCUT2D eigenvalue weighted by Gasteiger charge is 2.22. The molecule has 0 aliphatic heterocycles. The van der Waals surface area contributed by atoms with Gasteiger partial charge in [0, 0.05) is 13.6 Å². The number of likely N-dealkylation sites (N-methyl/N-ethyl adjacent to an activating group) is 1. The SMILES string of the molecule is CC[C@H](C)[C@H](N)C(=O)N(C)CCC(C)O. The summed E-state index contributed by atoms with van der Waals surface area (Å²) in [6, 6.07) is -0.422. The van der Waals surface area contributed by atoms with E-state index >= 15 is 0 Å². The Morgan fingerprint density at radius 2 is 2.00 bits per heavy atom. The fourth-order valence-electron chi connectivity index (χ4n) is 1.24. The number of nitrogens with zero attached hydrogens (tertiary/aromatic N) is 1. The summed E-state index contributed by atoms with van der Waals surface area (Å²) in [4.78, 5) is 13.4. The lowest BCUT2D eigenvalue weighted by atomic mass is 9.99. The van der Waals surface area contributed by atoms with Gasteiger partial charge in [0.2, 0.25) is 5.91 Å². The first-order chi connectivity index (χ1) is 6.90. The predicted octanol–water partition coefficient (Wildman–Crippen LogP) is 0.589. The van der Waals surface area contributed by atoms with Crippen LogP contribution in [0.1, 0.15) is 33.6 Å². The summed E-state index contributed by atoms with van der Waals surface area (Å²) < 4.78 is 0. The molecule has 0 aliphatic rings. The zero-order valence-electron chi connectivity index (χ0n) is 10.2. The molecule has 1 unspecified atom stereocenters. The molecule has 0 rings (SSSR count).